The van der Waals surface area contributed by atoms with Crippen LogP contribution in [0.4, 0.5) is 5.69 Å². The van der Waals surface area contributed by atoms with Gasteiger partial charge in [0.2, 0.25) is 0 Å². The predicted octanol–water partition coefficient (Wildman–Crippen LogP) is 3.45. The van der Waals surface area contributed by atoms with Gasteiger partial charge in [0.15, 0.2) is 0 Å². The average Bonchev–Trinajstić information content (AvgIpc) is 2.93. The fraction of sp³-hybridized carbons (Fsp3) is 0.467. The van der Waals surface area contributed by atoms with Crippen LogP contribution in [-0.2, 0) is 6.54 Å². The van der Waals surface area contributed by atoms with Crippen molar-refractivity contribution in [2.24, 2.45) is 0 Å². The molecule has 0 spiro atoms. The first kappa shape index (κ1) is 14.9. The van der Waals surface area contributed by atoms with Crippen LogP contribution in [0.25, 0.3) is 11.3 Å². The molecule has 0 saturated carbocycles. The summed E-state index contributed by atoms with van der Waals surface area (Å²) in [5.74, 6) is 0. The molecule has 0 aliphatic rings. The smallest absolute Gasteiger partial charge is 0.0951 e. The van der Waals surface area contributed by atoms with Crippen LogP contribution in [0.15, 0.2) is 31.0 Å². The number of imidazole rings is 1. The van der Waals surface area contributed by atoms with Crippen molar-refractivity contribution in [3.63, 3.8) is 0 Å². The molecule has 0 fully saturated rings. The van der Waals surface area contributed by atoms with E-state index in [2.05, 4.69) is 34.6 Å². The first-order chi connectivity index (χ1) is 9.65. The monoisotopic (exact) mass is 290 g/mol. The summed E-state index contributed by atoms with van der Waals surface area (Å²) in [5.41, 5.74) is 8.78. The zero-order chi connectivity index (χ0) is 14.6. The van der Waals surface area contributed by atoms with E-state index in [1.165, 1.54) is 0 Å². The largest absolute Gasteiger partial charge is 0.398 e. The Hall–Kier alpha value is -1.49. The van der Waals surface area contributed by atoms with E-state index < -0.39 is 0 Å². The lowest BCUT2D eigenvalue weighted by molar-refractivity contribution is 0.468. The molecule has 2 rings (SSSR count). The lowest BCUT2D eigenvalue weighted by atomic mass is 10.0. The third-order valence-corrected chi connectivity index (χ3v) is 5.60. The molecule has 0 aliphatic heterocycles. The molecule has 0 aliphatic carbocycles. The summed E-state index contributed by atoms with van der Waals surface area (Å²) in [6.07, 6.45) is 11.7. The van der Waals surface area contributed by atoms with Crippen LogP contribution in [0.2, 0.25) is 0 Å². The summed E-state index contributed by atoms with van der Waals surface area (Å²) in [5, 5.41) is 0. The Morgan fingerprint density at radius 1 is 1.25 bits per heavy atom. The molecule has 0 aromatic carbocycles. The van der Waals surface area contributed by atoms with Crippen LogP contribution in [-0.4, -0.2) is 25.5 Å². The van der Waals surface area contributed by atoms with Gasteiger partial charge in [0.1, 0.15) is 0 Å². The number of nitrogens with two attached hydrogens (primary N) is 1. The highest BCUT2D eigenvalue weighted by Crippen LogP contribution is 2.34. The van der Waals surface area contributed by atoms with E-state index in [1.807, 2.05) is 36.5 Å². The van der Waals surface area contributed by atoms with Crippen molar-refractivity contribution >= 4 is 17.4 Å². The van der Waals surface area contributed by atoms with Gasteiger partial charge in [0.05, 0.1) is 18.2 Å². The molecule has 0 atom stereocenters. The van der Waals surface area contributed by atoms with Gasteiger partial charge < -0.3 is 10.3 Å². The molecule has 0 unspecified atom stereocenters. The van der Waals surface area contributed by atoms with Crippen LogP contribution < -0.4 is 5.73 Å². The third-order valence-electron chi connectivity index (χ3n) is 4.02. The number of hydrogen-bond acceptors (Lipinski definition) is 4. The second-order valence-electron chi connectivity index (χ2n) is 4.96. The number of pyridine rings is 1. The van der Waals surface area contributed by atoms with E-state index in [4.69, 9.17) is 5.73 Å². The highest BCUT2D eigenvalue weighted by atomic mass is 32.2. The second-order valence-corrected chi connectivity index (χ2v) is 6.24. The molecule has 2 aromatic heterocycles. The fourth-order valence-electron chi connectivity index (χ4n) is 2.43. The third kappa shape index (κ3) is 2.82. The Morgan fingerprint density at radius 2 is 2.00 bits per heavy atom. The van der Waals surface area contributed by atoms with E-state index in [0.29, 0.717) is 0 Å². The zero-order valence-corrected chi connectivity index (χ0v) is 13.2. The lowest BCUT2D eigenvalue weighted by Crippen LogP contribution is -2.29. The minimum absolute atomic E-state index is 0.242. The van der Waals surface area contributed by atoms with E-state index >= 15 is 0 Å². The van der Waals surface area contributed by atoms with E-state index in [9.17, 15) is 0 Å². The maximum absolute atomic E-state index is 6.06. The second kappa shape index (κ2) is 6.31. The van der Waals surface area contributed by atoms with Gasteiger partial charge >= 0.3 is 0 Å². The Kier molecular flexibility index (Phi) is 4.70. The first-order valence-electron chi connectivity index (χ1n) is 6.91. The number of aromatic nitrogens is 3. The molecule has 108 valence electrons. The maximum atomic E-state index is 6.06. The molecule has 2 N–H and O–H groups in total. The van der Waals surface area contributed by atoms with Gasteiger partial charge in [-0.25, -0.2) is 4.98 Å². The van der Waals surface area contributed by atoms with Crippen LogP contribution in [0.5, 0.6) is 0 Å². The van der Waals surface area contributed by atoms with Gasteiger partial charge in [0, 0.05) is 34.9 Å². The topological polar surface area (TPSA) is 56.7 Å². The van der Waals surface area contributed by atoms with Crippen molar-refractivity contribution in [3.05, 3.63) is 31.0 Å². The Balaban J connectivity index is 2.37. The van der Waals surface area contributed by atoms with Crippen molar-refractivity contribution in [2.75, 3.05) is 12.0 Å². The van der Waals surface area contributed by atoms with Gasteiger partial charge in [0.25, 0.3) is 0 Å². The van der Waals surface area contributed by atoms with Crippen LogP contribution >= 0.6 is 11.8 Å². The van der Waals surface area contributed by atoms with Crippen molar-refractivity contribution in [2.45, 2.75) is 38.0 Å². The van der Waals surface area contributed by atoms with E-state index in [-0.39, 0.29) is 4.75 Å². The maximum Gasteiger partial charge on any atom is 0.0951 e. The standard InChI is InChI=1S/C15H22N4S/c1-4-15(5-2,20-3)10-19-11-18-9-14(19)12-8-17-7-6-13(12)16/h6-9,11H,4-5,10H2,1-3H3,(H2,16,17). The Morgan fingerprint density at radius 3 is 2.60 bits per heavy atom. The number of nitrogens with zero attached hydrogens (tertiary/aromatic N) is 3. The molecule has 20 heavy (non-hydrogen) atoms. The molecule has 2 aromatic rings. The number of nitrogen functional groups attached to an aromatic ring is 1. The molecule has 2 heterocycles. The highest BCUT2D eigenvalue weighted by molar-refractivity contribution is 8.00. The van der Waals surface area contributed by atoms with Crippen molar-refractivity contribution < 1.29 is 0 Å². The molecule has 0 bridgehead atoms. The molecule has 5 heteroatoms. The van der Waals surface area contributed by atoms with Gasteiger partial charge in [-0.1, -0.05) is 13.8 Å². The summed E-state index contributed by atoms with van der Waals surface area (Å²) in [4.78, 5) is 8.47. The van der Waals surface area contributed by atoms with Crippen LogP contribution in [0, 0.1) is 0 Å². The number of anilines is 1. The SMILES string of the molecule is CCC(CC)(Cn1cncc1-c1cnccc1N)SC. The van der Waals surface area contributed by atoms with Crippen molar-refractivity contribution in [3.8, 4) is 11.3 Å². The predicted molar refractivity (Wildman–Crippen MR) is 86.7 cm³/mol. The molecule has 0 radical (unpaired) electrons. The normalized spacial score (nSPS) is 11.8. The zero-order valence-electron chi connectivity index (χ0n) is 12.3. The minimum atomic E-state index is 0.242. The number of thioether (sulfide) groups is 1. The number of rotatable bonds is 6. The first-order valence-corrected chi connectivity index (χ1v) is 8.13. The fourth-order valence-corrected chi connectivity index (χ4v) is 3.27. The van der Waals surface area contributed by atoms with Crippen molar-refractivity contribution in [1.29, 1.82) is 0 Å². The Bertz CT molecular complexity index is 552. The summed E-state index contributed by atoms with van der Waals surface area (Å²) < 4.78 is 2.43. The average molecular weight is 290 g/mol. The summed E-state index contributed by atoms with van der Waals surface area (Å²) in [7, 11) is 0. The minimum Gasteiger partial charge on any atom is -0.398 e. The summed E-state index contributed by atoms with van der Waals surface area (Å²) in [6.45, 7) is 5.43. The molecular weight excluding hydrogens is 268 g/mol. The van der Waals surface area contributed by atoms with Crippen LogP contribution in [0.3, 0.4) is 0 Å². The molecular formula is C15H22N4S. The van der Waals surface area contributed by atoms with Gasteiger partial charge in [-0.15, -0.1) is 0 Å². The molecule has 0 saturated heterocycles. The van der Waals surface area contributed by atoms with E-state index in [0.717, 1.165) is 36.3 Å². The van der Waals surface area contributed by atoms with Gasteiger partial charge in [-0.3, -0.25) is 4.98 Å². The molecule has 4 nitrogen and oxygen atoms in total. The highest BCUT2D eigenvalue weighted by Gasteiger charge is 2.26. The quantitative estimate of drug-likeness (QED) is 0.885. The summed E-state index contributed by atoms with van der Waals surface area (Å²) in [6, 6.07) is 1.83. The van der Waals surface area contributed by atoms with Gasteiger partial charge in [-0.2, -0.15) is 11.8 Å². The lowest BCUT2D eigenvalue weighted by Gasteiger charge is -2.30. The summed E-state index contributed by atoms with van der Waals surface area (Å²) >= 11 is 1.93. The van der Waals surface area contributed by atoms with Crippen molar-refractivity contribution in [1.82, 2.24) is 14.5 Å². The van der Waals surface area contributed by atoms with Gasteiger partial charge in [-0.05, 0) is 25.2 Å². The van der Waals surface area contributed by atoms with Crippen LogP contribution in [0.1, 0.15) is 26.7 Å². The number of hydrogen-bond donors (Lipinski definition) is 1. The molecule has 0 amide bonds. The Labute approximate surface area is 124 Å². The van der Waals surface area contributed by atoms with E-state index in [1.54, 1.807) is 6.20 Å².